The summed E-state index contributed by atoms with van der Waals surface area (Å²) in [5.74, 6) is -0.263. The van der Waals surface area contributed by atoms with Crippen LogP contribution in [-0.4, -0.2) is 22.8 Å². The summed E-state index contributed by atoms with van der Waals surface area (Å²) < 4.78 is 0. The lowest BCUT2D eigenvalue weighted by Crippen LogP contribution is -2.32. The van der Waals surface area contributed by atoms with Crippen molar-refractivity contribution in [1.29, 1.82) is 0 Å². The van der Waals surface area contributed by atoms with Gasteiger partial charge in [0.15, 0.2) is 0 Å². The zero-order valence-electron chi connectivity index (χ0n) is 14.4. The Morgan fingerprint density at radius 3 is 2.70 bits per heavy atom. The molecule has 1 aliphatic carbocycles. The van der Waals surface area contributed by atoms with Gasteiger partial charge >= 0.3 is 0 Å². The van der Waals surface area contributed by atoms with Crippen LogP contribution in [0.1, 0.15) is 38.4 Å². The van der Waals surface area contributed by atoms with E-state index >= 15 is 0 Å². The Labute approximate surface area is 170 Å². The molecule has 0 saturated heterocycles. The third-order valence-electron chi connectivity index (χ3n) is 4.39. The highest BCUT2D eigenvalue weighted by molar-refractivity contribution is 7.12. The third-order valence-corrected chi connectivity index (χ3v) is 6.32. The van der Waals surface area contributed by atoms with Gasteiger partial charge in [-0.2, -0.15) is 11.3 Å². The van der Waals surface area contributed by atoms with E-state index in [0.717, 1.165) is 18.4 Å². The molecular weight excluding hydrogens is 400 g/mol. The van der Waals surface area contributed by atoms with Gasteiger partial charge in [0.1, 0.15) is 0 Å². The molecule has 0 spiro atoms. The first-order valence-electron chi connectivity index (χ1n) is 8.58. The number of benzene rings is 1. The molecule has 4 rings (SSSR count). The number of amides is 2. The highest BCUT2D eigenvalue weighted by atomic mass is 35.5. The molecule has 1 aliphatic rings. The maximum Gasteiger partial charge on any atom is 0.265 e. The van der Waals surface area contributed by atoms with E-state index in [4.69, 9.17) is 11.6 Å². The maximum atomic E-state index is 13.1. The Kier molecular flexibility index (Phi) is 5.29. The smallest absolute Gasteiger partial charge is 0.265 e. The molecule has 0 bridgehead atoms. The van der Waals surface area contributed by atoms with Gasteiger partial charge < -0.3 is 10.2 Å². The van der Waals surface area contributed by atoms with Gasteiger partial charge in [-0.1, -0.05) is 17.7 Å². The van der Waals surface area contributed by atoms with Crippen molar-refractivity contribution in [1.82, 2.24) is 4.90 Å². The van der Waals surface area contributed by atoms with Gasteiger partial charge in [-0.15, -0.1) is 11.3 Å². The lowest BCUT2D eigenvalue weighted by molar-refractivity contribution is 0.0730. The Balaban J connectivity index is 1.55. The summed E-state index contributed by atoms with van der Waals surface area (Å²) in [4.78, 5) is 27.9. The van der Waals surface area contributed by atoms with Crippen molar-refractivity contribution < 1.29 is 9.59 Å². The van der Waals surface area contributed by atoms with Crippen molar-refractivity contribution in [3.8, 4) is 0 Å². The molecule has 2 aromatic heterocycles. The predicted molar refractivity (Wildman–Crippen MR) is 111 cm³/mol. The van der Waals surface area contributed by atoms with Crippen LogP contribution in [0, 0.1) is 0 Å². The average molecular weight is 417 g/mol. The molecule has 2 amide bonds. The fourth-order valence-electron chi connectivity index (χ4n) is 2.84. The number of nitrogens with zero attached hydrogens (tertiary/aromatic N) is 1. The van der Waals surface area contributed by atoms with Crippen molar-refractivity contribution in [2.75, 3.05) is 5.32 Å². The van der Waals surface area contributed by atoms with Crippen molar-refractivity contribution in [2.24, 2.45) is 0 Å². The molecule has 4 nitrogen and oxygen atoms in total. The van der Waals surface area contributed by atoms with Gasteiger partial charge in [0.2, 0.25) is 0 Å². The van der Waals surface area contributed by atoms with E-state index in [2.05, 4.69) is 10.7 Å². The maximum absolute atomic E-state index is 13.1. The molecular formula is C20H17ClN2O2S2. The van der Waals surface area contributed by atoms with Gasteiger partial charge in [0.05, 0.1) is 15.6 Å². The number of nitrogens with one attached hydrogen (secondary N) is 1. The van der Waals surface area contributed by atoms with Crippen LogP contribution in [0.5, 0.6) is 0 Å². The van der Waals surface area contributed by atoms with Crippen molar-refractivity contribution in [3.63, 3.8) is 0 Å². The Morgan fingerprint density at radius 2 is 2.04 bits per heavy atom. The van der Waals surface area contributed by atoms with Crippen molar-refractivity contribution in [2.45, 2.75) is 25.4 Å². The van der Waals surface area contributed by atoms with Crippen LogP contribution in [0.2, 0.25) is 5.02 Å². The van der Waals surface area contributed by atoms with Crippen LogP contribution in [-0.2, 0) is 6.54 Å². The first-order valence-corrected chi connectivity index (χ1v) is 10.8. The number of rotatable bonds is 6. The lowest BCUT2D eigenvalue weighted by Gasteiger charge is -2.22. The summed E-state index contributed by atoms with van der Waals surface area (Å²) in [5.41, 5.74) is 2.12. The van der Waals surface area contributed by atoms with Crippen LogP contribution >= 0.6 is 34.3 Å². The number of carbonyl (C=O) groups is 2. The molecule has 7 heteroatoms. The largest absolute Gasteiger partial charge is 0.331 e. The van der Waals surface area contributed by atoms with E-state index in [-0.39, 0.29) is 17.9 Å². The van der Waals surface area contributed by atoms with Crippen molar-refractivity contribution >= 4 is 51.8 Å². The summed E-state index contributed by atoms with van der Waals surface area (Å²) in [5, 5.41) is 9.14. The molecule has 1 N–H and O–H groups in total. The fourth-order valence-corrected chi connectivity index (χ4v) is 4.29. The van der Waals surface area contributed by atoms with Gasteiger partial charge in [-0.25, -0.2) is 0 Å². The predicted octanol–water partition coefficient (Wildman–Crippen LogP) is 5.52. The zero-order chi connectivity index (χ0) is 18.8. The van der Waals surface area contributed by atoms with E-state index in [1.807, 2.05) is 27.8 Å². The topological polar surface area (TPSA) is 49.4 Å². The summed E-state index contributed by atoms with van der Waals surface area (Å²) in [6, 6.07) is 10.9. The van der Waals surface area contributed by atoms with Gasteiger partial charge in [-0.3, -0.25) is 9.59 Å². The molecule has 0 atom stereocenters. The summed E-state index contributed by atoms with van der Waals surface area (Å²) in [7, 11) is 0. The number of carbonyl (C=O) groups excluding carboxylic acids is 2. The monoisotopic (exact) mass is 416 g/mol. The molecule has 3 aromatic rings. The minimum absolute atomic E-state index is 0.0352. The van der Waals surface area contributed by atoms with Crippen LogP contribution < -0.4 is 5.32 Å². The molecule has 0 unspecified atom stereocenters. The zero-order valence-corrected chi connectivity index (χ0v) is 16.7. The Hall–Kier alpha value is -2.15. The van der Waals surface area contributed by atoms with Gasteiger partial charge in [-0.05, 0) is 64.9 Å². The number of anilines is 1. The molecule has 0 aliphatic heterocycles. The van der Waals surface area contributed by atoms with Crippen LogP contribution in [0.25, 0.3) is 0 Å². The molecule has 138 valence electrons. The second-order valence-electron chi connectivity index (χ2n) is 6.42. The molecule has 0 radical (unpaired) electrons. The Morgan fingerprint density at radius 1 is 1.19 bits per heavy atom. The number of thiophene rings is 2. The van der Waals surface area contributed by atoms with Crippen LogP contribution in [0.15, 0.2) is 52.5 Å². The minimum atomic E-state index is -0.228. The summed E-state index contributed by atoms with van der Waals surface area (Å²) >= 11 is 9.23. The third kappa shape index (κ3) is 4.24. The SMILES string of the molecule is O=C(Nc1cc(C(=O)N(Cc2ccsc2)C2CC2)ccc1Cl)c1cccs1. The normalized spacial score (nSPS) is 13.4. The number of halogens is 1. The van der Waals surface area contributed by atoms with E-state index in [0.29, 0.717) is 27.7 Å². The van der Waals surface area contributed by atoms with E-state index in [1.54, 1.807) is 35.6 Å². The van der Waals surface area contributed by atoms with E-state index < -0.39 is 0 Å². The minimum Gasteiger partial charge on any atom is -0.331 e. The second kappa shape index (κ2) is 7.84. The van der Waals surface area contributed by atoms with E-state index in [1.165, 1.54) is 11.3 Å². The fraction of sp³-hybridized carbons (Fsp3) is 0.200. The highest BCUT2D eigenvalue weighted by Crippen LogP contribution is 2.32. The van der Waals surface area contributed by atoms with E-state index in [9.17, 15) is 9.59 Å². The summed E-state index contributed by atoms with van der Waals surface area (Å²) in [6.07, 6.45) is 2.07. The molecule has 1 aromatic carbocycles. The van der Waals surface area contributed by atoms with Gasteiger partial charge in [0, 0.05) is 18.2 Å². The number of hydrogen-bond donors (Lipinski definition) is 1. The van der Waals surface area contributed by atoms with Gasteiger partial charge in [0.25, 0.3) is 11.8 Å². The van der Waals surface area contributed by atoms with Crippen LogP contribution in [0.3, 0.4) is 0 Å². The first kappa shape index (κ1) is 18.2. The molecule has 2 heterocycles. The second-order valence-corrected chi connectivity index (χ2v) is 8.56. The standard InChI is InChI=1S/C20H17ClN2O2S2/c21-16-6-3-14(10-17(16)22-19(24)18-2-1-8-27-18)20(25)23(15-4-5-15)11-13-7-9-26-12-13/h1-3,6-10,12,15H,4-5,11H2,(H,22,24). The van der Waals surface area contributed by atoms with Crippen molar-refractivity contribution in [3.05, 3.63) is 73.6 Å². The average Bonchev–Trinajstić information content (AvgIpc) is 3.13. The van der Waals surface area contributed by atoms with Crippen LogP contribution in [0.4, 0.5) is 5.69 Å². The quantitative estimate of drug-likeness (QED) is 0.575. The summed E-state index contributed by atoms with van der Waals surface area (Å²) in [6.45, 7) is 0.604. The molecule has 1 fully saturated rings. The lowest BCUT2D eigenvalue weighted by atomic mass is 10.1. The Bertz CT molecular complexity index is 951. The molecule has 1 saturated carbocycles. The number of hydrogen-bond acceptors (Lipinski definition) is 4. The highest BCUT2D eigenvalue weighted by Gasteiger charge is 2.33. The molecule has 27 heavy (non-hydrogen) atoms. The first-order chi connectivity index (χ1) is 13.1.